The molecule has 0 saturated carbocycles. The second-order valence-corrected chi connectivity index (χ2v) is 14.7. The average molecular weight is 748 g/mol. The summed E-state index contributed by atoms with van der Waals surface area (Å²) < 4.78 is 15.4. The Morgan fingerprint density at radius 2 is 1.18 bits per heavy atom. The summed E-state index contributed by atoms with van der Waals surface area (Å²) in [6.45, 7) is 4.23. The van der Waals surface area contributed by atoms with Crippen LogP contribution in [0.15, 0.2) is 71.1 Å². The van der Waals surface area contributed by atoms with Gasteiger partial charge < -0.3 is 13.9 Å². The molecule has 50 heavy (non-hydrogen) atoms. The van der Waals surface area contributed by atoms with Crippen LogP contribution in [0.25, 0.3) is 21.7 Å². The van der Waals surface area contributed by atoms with E-state index in [-0.39, 0.29) is 31.2 Å². The summed E-state index contributed by atoms with van der Waals surface area (Å²) >= 11 is 3.43. The van der Waals surface area contributed by atoms with Crippen LogP contribution in [-0.2, 0) is 25.5 Å². The molecule has 1 atom stereocenters. The summed E-state index contributed by atoms with van der Waals surface area (Å²) in [5.41, 5.74) is 1.30. The van der Waals surface area contributed by atoms with E-state index in [1.807, 2.05) is 42.5 Å². The third-order valence-electron chi connectivity index (χ3n) is 9.47. The van der Waals surface area contributed by atoms with E-state index in [1.54, 1.807) is 31.2 Å². The van der Waals surface area contributed by atoms with Crippen molar-refractivity contribution in [1.29, 1.82) is 0 Å². The largest absolute Gasteiger partial charge is 0.464 e. The molecule has 1 unspecified atom stereocenters. The Bertz CT molecular complexity index is 1640. The number of ketones is 1. The van der Waals surface area contributed by atoms with Crippen LogP contribution in [0.5, 0.6) is 0 Å². The molecular formula is C43H55BrO6. The van der Waals surface area contributed by atoms with Crippen molar-refractivity contribution >= 4 is 55.4 Å². The second-order valence-electron chi connectivity index (χ2n) is 13.4. The second kappa shape index (κ2) is 21.0. The smallest absolute Gasteiger partial charge is 0.334 e. The summed E-state index contributed by atoms with van der Waals surface area (Å²) in [6, 6.07) is 20.5. The van der Waals surface area contributed by atoms with Crippen molar-refractivity contribution in [3.8, 4) is 0 Å². The fourth-order valence-electron chi connectivity index (χ4n) is 6.64. The third-order valence-corrected chi connectivity index (χ3v) is 10.4. The third kappa shape index (κ3) is 11.0. The molecule has 0 radical (unpaired) electrons. The molecule has 0 saturated heterocycles. The van der Waals surface area contributed by atoms with E-state index in [1.165, 1.54) is 83.5 Å². The number of fused-ring (bicyclic) bond motifs is 3. The van der Waals surface area contributed by atoms with Crippen molar-refractivity contribution in [2.24, 2.45) is 0 Å². The minimum absolute atomic E-state index is 0.0825. The quantitative estimate of drug-likeness (QED) is 0.0233. The van der Waals surface area contributed by atoms with Gasteiger partial charge in [0.05, 0.1) is 18.8 Å². The zero-order chi connectivity index (χ0) is 35.6. The number of alkyl halides is 1. The van der Waals surface area contributed by atoms with E-state index in [0.717, 1.165) is 23.6 Å². The monoisotopic (exact) mass is 746 g/mol. The van der Waals surface area contributed by atoms with E-state index in [0.29, 0.717) is 28.5 Å². The molecule has 0 fully saturated rings. The van der Waals surface area contributed by atoms with Gasteiger partial charge in [0.15, 0.2) is 5.78 Å². The molecule has 0 aliphatic carbocycles. The molecule has 3 aromatic carbocycles. The highest BCUT2D eigenvalue weighted by Crippen LogP contribution is 2.38. The minimum Gasteiger partial charge on any atom is -0.464 e. The van der Waals surface area contributed by atoms with Gasteiger partial charge in [0, 0.05) is 17.4 Å². The summed E-state index contributed by atoms with van der Waals surface area (Å²) in [5.74, 6) is -1.56. The summed E-state index contributed by atoms with van der Waals surface area (Å²) in [7, 11) is 0. The predicted octanol–water partition coefficient (Wildman–Crippen LogP) is 11.9. The van der Waals surface area contributed by atoms with Gasteiger partial charge in [-0.15, -0.1) is 0 Å². The first-order valence-corrected chi connectivity index (χ1v) is 19.8. The van der Waals surface area contributed by atoms with E-state index >= 15 is 0 Å². The molecule has 7 heteroatoms. The molecule has 1 aromatic heterocycles. The number of carbonyl (C=O) groups excluding carboxylic acids is 3. The van der Waals surface area contributed by atoms with E-state index in [2.05, 4.69) is 22.9 Å². The summed E-state index contributed by atoms with van der Waals surface area (Å²) in [4.78, 5) is 41.1. The SMILES string of the molecule is CCCCCCCCCCCCCCCCCCOC(=O)C(Br)(Cc1oc2ccc3ccccc3c2c1C(=O)c1ccccc1)C(=O)OCC. The topological polar surface area (TPSA) is 82.8 Å². The molecular weight excluding hydrogens is 692 g/mol. The van der Waals surface area contributed by atoms with Crippen LogP contribution < -0.4 is 0 Å². The number of carbonyl (C=O) groups is 3. The summed E-state index contributed by atoms with van der Waals surface area (Å²) in [5, 5.41) is 2.44. The van der Waals surface area contributed by atoms with Gasteiger partial charge in [-0.3, -0.25) is 4.79 Å². The lowest BCUT2D eigenvalue weighted by molar-refractivity contribution is -0.158. The number of benzene rings is 3. The number of unbranched alkanes of at least 4 members (excludes halogenated alkanes) is 15. The number of ether oxygens (including phenoxy) is 2. The van der Waals surface area contributed by atoms with Gasteiger partial charge in [-0.2, -0.15) is 0 Å². The number of hydrogen-bond donors (Lipinski definition) is 0. The Morgan fingerprint density at radius 1 is 0.640 bits per heavy atom. The molecule has 4 aromatic rings. The maximum absolute atomic E-state index is 14.1. The standard InChI is InChI=1S/C43H55BrO6/c1-3-5-6-7-8-9-10-11-12-13-14-15-16-17-18-24-31-49-42(47)43(44,41(46)48-4-2)32-37-39(40(45)34-26-20-19-21-27-34)38-35-28-23-22-25-33(35)29-30-36(38)50-37/h19-23,25-30H,3-18,24,31-32H2,1-2H3. The molecule has 0 N–H and O–H groups in total. The first kappa shape index (κ1) is 39.3. The number of furan rings is 1. The number of hydrogen-bond acceptors (Lipinski definition) is 6. The van der Waals surface area contributed by atoms with Gasteiger partial charge in [-0.1, -0.05) is 180 Å². The van der Waals surface area contributed by atoms with Crippen molar-refractivity contribution in [2.75, 3.05) is 13.2 Å². The maximum Gasteiger partial charge on any atom is 0.334 e. The van der Waals surface area contributed by atoms with Crippen LogP contribution >= 0.6 is 15.9 Å². The van der Waals surface area contributed by atoms with Crippen molar-refractivity contribution < 1.29 is 28.3 Å². The Hall–Kier alpha value is -3.45. The van der Waals surface area contributed by atoms with Crippen LogP contribution in [0.4, 0.5) is 0 Å². The lowest BCUT2D eigenvalue weighted by Gasteiger charge is -2.23. The molecule has 0 spiro atoms. The van der Waals surface area contributed by atoms with Gasteiger partial charge in [0.2, 0.25) is 4.32 Å². The van der Waals surface area contributed by atoms with Gasteiger partial charge in [-0.25, -0.2) is 9.59 Å². The lowest BCUT2D eigenvalue weighted by Crippen LogP contribution is -2.45. The maximum atomic E-state index is 14.1. The highest BCUT2D eigenvalue weighted by atomic mass is 79.9. The first-order chi connectivity index (χ1) is 24.4. The molecule has 0 bridgehead atoms. The molecule has 0 aliphatic heterocycles. The van der Waals surface area contributed by atoms with Crippen LogP contribution in [0, 0.1) is 0 Å². The number of rotatable bonds is 24. The van der Waals surface area contributed by atoms with Crippen LogP contribution in [0.1, 0.15) is 138 Å². The normalized spacial score (nSPS) is 12.6. The predicted molar refractivity (Wildman–Crippen MR) is 206 cm³/mol. The Kier molecular flexibility index (Phi) is 16.6. The molecule has 1 heterocycles. The zero-order valence-corrected chi connectivity index (χ0v) is 31.7. The molecule has 270 valence electrons. The lowest BCUT2D eigenvalue weighted by atomic mass is 9.93. The molecule has 0 amide bonds. The van der Waals surface area contributed by atoms with Crippen molar-refractivity contribution in [2.45, 2.75) is 127 Å². The Morgan fingerprint density at radius 3 is 1.78 bits per heavy atom. The minimum atomic E-state index is -1.88. The van der Waals surface area contributed by atoms with Crippen LogP contribution in [-0.4, -0.2) is 35.3 Å². The van der Waals surface area contributed by atoms with E-state index < -0.39 is 16.3 Å². The van der Waals surface area contributed by atoms with Gasteiger partial charge in [0.25, 0.3) is 0 Å². The molecule has 4 rings (SSSR count). The van der Waals surface area contributed by atoms with E-state index in [4.69, 9.17) is 13.9 Å². The fourth-order valence-corrected chi connectivity index (χ4v) is 7.12. The highest BCUT2D eigenvalue weighted by Gasteiger charge is 2.49. The Labute approximate surface area is 306 Å². The zero-order valence-electron chi connectivity index (χ0n) is 30.1. The highest BCUT2D eigenvalue weighted by molar-refractivity contribution is 9.10. The fraction of sp³-hybridized carbons (Fsp3) is 0.512. The molecule has 0 aliphatic rings. The van der Waals surface area contributed by atoms with Gasteiger partial charge >= 0.3 is 11.9 Å². The first-order valence-electron chi connectivity index (χ1n) is 19.0. The van der Waals surface area contributed by atoms with Crippen LogP contribution in [0.3, 0.4) is 0 Å². The number of halogens is 1. The van der Waals surface area contributed by atoms with Gasteiger partial charge in [-0.05, 0) is 30.2 Å². The number of esters is 2. The molecule has 6 nitrogen and oxygen atoms in total. The van der Waals surface area contributed by atoms with Crippen molar-refractivity contribution in [1.82, 2.24) is 0 Å². The van der Waals surface area contributed by atoms with Crippen molar-refractivity contribution in [3.05, 3.63) is 83.6 Å². The summed E-state index contributed by atoms with van der Waals surface area (Å²) in [6.07, 6.45) is 19.8. The van der Waals surface area contributed by atoms with E-state index in [9.17, 15) is 14.4 Å². The Balaban J connectivity index is 1.32. The van der Waals surface area contributed by atoms with Crippen LogP contribution in [0.2, 0.25) is 0 Å². The average Bonchev–Trinajstić information content (AvgIpc) is 3.50. The van der Waals surface area contributed by atoms with Gasteiger partial charge in [0.1, 0.15) is 11.3 Å². The van der Waals surface area contributed by atoms with Crippen molar-refractivity contribution in [3.63, 3.8) is 0 Å².